The largest absolute Gasteiger partial charge is 0.335 e. The van der Waals surface area contributed by atoms with E-state index in [-0.39, 0.29) is 23.9 Å². The maximum atomic E-state index is 12.8. The molecule has 0 atom stereocenters. The Hall–Kier alpha value is -2.29. The molecule has 1 aliphatic rings. The average Bonchev–Trinajstić information content (AvgIpc) is 2.73. The van der Waals surface area contributed by atoms with Gasteiger partial charge in [0, 0.05) is 36.0 Å². The number of hydrogen-bond donors (Lipinski definition) is 0. The quantitative estimate of drug-likeness (QED) is 0.602. The van der Waals surface area contributed by atoms with Crippen molar-refractivity contribution in [1.82, 2.24) is 14.2 Å². The van der Waals surface area contributed by atoms with E-state index in [4.69, 9.17) is 0 Å². The zero-order valence-corrected chi connectivity index (χ0v) is 17.4. The molecule has 1 saturated heterocycles. The molecule has 8 heteroatoms. The number of sulfonamides is 1. The van der Waals surface area contributed by atoms with Crippen molar-refractivity contribution in [2.75, 3.05) is 26.2 Å². The van der Waals surface area contributed by atoms with Crippen LogP contribution in [0.15, 0.2) is 70.0 Å². The van der Waals surface area contributed by atoms with Gasteiger partial charge in [-0.2, -0.15) is 4.31 Å². The fraction of sp³-hybridized carbons (Fsp3) is 0.200. The fourth-order valence-electron chi connectivity index (χ4n) is 3.26. The number of nitrogens with zero attached hydrogens (tertiary/aromatic N) is 3. The lowest BCUT2D eigenvalue weighted by Gasteiger charge is -2.33. The van der Waals surface area contributed by atoms with Crippen LogP contribution in [-0.4, -0.2) is 54.7 Å². The summed E-state index contributed by atoms with van der Waals surface area (Å²) in [6, 6.07) is 17.9. The fourth-order valence-corrected chi connectivity index (χ4v) is 5.27. The molecule has 0 radical (unpaired) electrons. The SMILES string of the molecule is O=C(c1ccc2ccccc2n1)N1CCN(S(=O)(=O)c2cccc(Br)c2)CC1. The lowest BCUT2D eigenvalue weighted by molar-refractivity contribution is 0.0692. The van der Waals surface area contributed by atoms with Gasteiger partial charge in [0.1, 0.15) is 5.69 Å². The number of piperazine rings is 1. The summed E-state index contributed by atoms with van der Waals surface area (Å²) in [5, 5.41) is 0.976. The van der Waals surface area contributed by atoms with Crippen LogP contribution in [0, 0.1) is 0 Å². The van der Waals surface area contributed by atoms with Crippen molar-refractivity contribution in [3.8, 4) is 0 Å². The minimum atomic E-state index is -3.58. The van der Waals surface area contributed by atoms with Crippen LogP contribution in [0.5, 0.6) is 0 Å². The van der Waals surface area contributed by atoms with Crippen LogP contribution in [0.25, 0.3) is 10.9 Å². The summed E-state index contributed by atoms with van der Waals surface area (Å²) in [7, 11) is -3.58. The van der Waals surface area contributed by atoms with Gasteiger partial charge in [0.25, 0.3) is 5.91 Å². The van der Waals surface area contributed by atoms with Gasteiger partial charge in [-0.1, -0.05) is 46.3 Å². The van der Waals surface area contributed by atoms with Gasteiger partial charge in [-0.15, -0.1) is 0 Å². The summed E-state index contributed by atoms with van der Waals surface area (Å²) in [5.74, 6) is -0.176. The number of para-hydroxylation sites is 1. The van der Waals surface area contributed by atoms with E-state index in [0.717, 1.165) is 10.9 Å². The minimum Gasteiger partial charge on any atom is -0.335 e. The first-order valence-corrected chi connectivity index (χ1v) is 11.1. The highest BCUT2D eigenvalue weighted by Gasteiger charge is 2.30. The Morgan fingerprint density at radius 3 is 2.43 bits per heavy atom. The third-order valence-electron chi connectivity index (χ3n) is 4.78. The number of halogens is 1. The van der Waals surface area contributed by atoms with Gasteiger partial charge < -0.3 is 4.90 Å². The average molecular weight is 460 g/mol. The van der Waals surface area contributed by atoms with E-state index in [9.17, 15) is 13.2 Å². The molecule has 0 spiro atoms. The maximum absolute atomic E-state index is 12.8. The van der Waals surface area contributed by atoms with E-state index >= 15 is 0 Å². The van der Waals surface area contributed by atoms with Gasteiger partial charge in [0.05, 0.1) is 10.4 Å². The Morgan fingerprint density at radius 2 is 1.68 bits per heavy atom. The summed E-state index contributed by atoms with van der Waals surface area (Å²) < 4.78 is 27.8. The topological polar surface area (TPSA) is 70.6 Å². The molecule has 2 heterocycles. The number of amides is 1. The molecule has 0 N–H and O–H groups in total. The second-order valence-corrected chi connectivity index (χ2v) is 9.40. The van der Waals surface area contributed by atoms with E-state index in [1.807, 2.05) is 30.3 Å². The molecule has 0 bridgehead atoms. The van der Waals surface area contributed by atoms with Gasteiger partial charge >= 0.3 is 0 Å². The highest BCUT2D eigenvalue weighted by molar-refractivity contribution is 9.10. The third kappa shape index (κ3) is 3.67. The zero-order valence-electron chi connectivity index (χ0n) is 15.0. The molecule has 0 aliphatic carbocycles. The van der Waals surface area contributed by atoms with Crippen LogP contribution in [0.2, 0.25) is 0 Å². The Morgan fingerprint density at radius 1 is 0.929 bits per heavy atom. The first-order chi connectivity index (χ1) is 13.4. The zero-order chi connectivity index (χ0) is 19.7. The Balaban J connectivity index is 1.48. The van der Waals surface area contributed by atoms with Crippen molar-refractivity contribution in [3.63, 3.8) is 0 Å². The molecule has 4 rings (SSSR count). The Bertz CT molecular complexity index is 1140. The van der Waals surface area contributed by atoms with Gasteiger partial charge in [-0.3, -0.25) is 4.79 Å². The molecule has 1 aliphatic heterocycles. The molecule has 1 fully saturated rings. The number of rotatable bonds is 3. The van der Waals surface area contributed by atoms with E-state index < -0.39 is 10.0 Å². The van der Waals surface area contributed by atoms with Crippen molar-refractivity contribution >= 4 is 42.8 Å². The summed E-state index contributed by atoms with van der Waals surface area (Å²) in [6.07, 6.45) is 0. The summed E-state index contributed by atoms with van der Waals surface area (Å²) >= 11 is 3.31. The van der Waals surface area contributed by atoms with Crippen LogP contribution in [0.1, 0.15) is 10.5 Å². The number of pyridine rings is 1. The highest BCUT2D eigenvalue weighted by atomic mass is 79.9. The lowest BCUT2D eigenvalue weighted by Crippen LogP contribution is -2.50. The molecule has 2 aromatic carbocycles. The van der Waals surface area contributed by atoms with Crippen LogP contribution in [0.3, 0.4) is 0 Å². The Kier molecular flexibility index (Phi) is 5.18. The van der Waals surface area contributed by atoms with Crippen molar-refractivity contribution in [3.05, 3.63) is 70.8 Å². The summed E-state index contributed by atoms with van der Waals surface area (Å²) in [4.78, 5) is 19.2. The number of benzene rings is 2. The number of hydrogen-bond acceptors (Lipinski definition) is 4. The molecule has 1 aromatic heterocycles. The standard InChI is InChI=1S/C20H18BrN3O3S/c21-16-5-3-6-17(14-16)28(26,27)24-12-10-23(11-13-24)20(25)19-9-8-15-4-1-2-7-18(15)22-19/h1-9,14H,10-13H2. The lowest BCUT2D eigenvalue weighted by atomic mass is 10.2. The minimum absolute atomic E-state index is 0.176. The Labute approximate surface area is 172 Å². The van der Waals surface area contributed by atoms with E-state index in [1.165, 1.54) is 4.31 Å². The molecule has 6 nitrogen and oxygen atoms in total. The summed E-state index contributed by atoms with van der Waals surface area (Å²) in [5.41, 5.74) is 1.14. The van der Waals surface area contributed by atoms with Gasteiger partial charge in [0.15, 0.2) is 0 Å². The molecular weight excluding hydrogens is 442 g/mol. The molecule has 3 aromatic rings. The van der Waals surface area contributed by atoms with Crippen molar-refractivity contribution < 1.29 is 13.2 Å². The summed E-state index contributed by atoms with van der Waals surface area (Å²) in [6.45, 7) is 1.18. The number of fused-ring (bicyclic) bond motifs is 1. The van der Waals surface area contributed by atoms with Crippen LogP contribution in [-0.2, 0) is 10.0 Å². The maximum Gasteiger partial charge on any atom is 0.272 e. The first-order valence-electron chi connectivity index (χ1n) is 8.86. The van der Waals surface area contributed by atoms with E-state index in [0.29, 0.717) is 23.3 Å². The number of aromatic nitrogens is 1. The van der Waals surface area contributed by atoms with Crippen LogP contribution in [0.4, 0.5) is 0 Å². The third-order valence-corrected chi connectivity index (χ3v) is 7.17. The number of carbonyl (C=O) groups is 1. The van der Waals surface area contributed by atoms with Crippen molar-refractivity contribution in [1.29, 1.82) is 0 Å². The predicted molar refractivity (Wildman–Crippen MR) is 111 cm³/mol. The van der Waals surface area contributed by atoms with Crippen molar-refractivity contribution in [2.24, 2.45) is 0 Å². The van der Waals surface area contributed by atoms with E-state index in [1.54, 1.807) is 35.2 Å². The molecule has 1 amide bonds. The van der Waals surface area contributed by atoms with Gasteiger partial charge in [-0.05, 0) is 30.3 Å². The second-order valence-electron chi connectivity index (χ2n) is 6.54. The van der Waals surface area contributed by atoms with Crippen LogP contribution >= 0.6 is 15.9 Å². The van der Waals surface area contributed by atoms with Crippen LogP contribution < -0.4 is 0 Å². The normalized spacial score (nSPS) is 15.7. The van der Waals surface area contributed by atoms with E-state index in [2.05, 4.69) is 20.9 Å². The smallest absolute Gasteiger partial charge is 0.272 e. The van der Waals surface area contributed by atoms with Crippen molar-refractivity contribution in [2.45, 2.75) is 4.90 Å². The molecule has 0 unspecified atom stereocenters. The van der Waals surface area contributed by atoms with Gasteiger partial charge in [0.2, 0.25) is 10.0 Å². The molecule has 28 heavy (non-hydrogen) atoms. The predicted octanol–water partition coefficient (Wildman–Crippen LogP) is 3.14. The highest BCUT2D eigenvalue weighted by Crippen LogP contribution is 2.22. The first kappa shape index (κ1) is 19.0. The second kappa shape index (κ2) is 7.62. The molecule has 0 saturated carbocycles. The molecular formula is C20H18BrN3O3S. The monoisotopic (exact) mass is 459 g/mol. The molecule has 144 valence electrons. The number of carbonyl (C=O) groups excluding carboxylic acids is 1. The van der Waals surface area contributed by atoms with Gasteiger partial charge in [-0.25, -0.2) is 13.4 Å².